The molecule has 0 aliphatic rings. The molecule has 0 saturated carbocycles. The molecule has 0 atom stereocenters. The van der Waals surface area contributed by atoms with Crippen molar-refractivity contribution in [3.05, 3.63) is 76.8 Å². The van der Waals surface area contributed by atoms with Crippen LogP contribution in [0.1, 0.15) is 5.56 Å². The smallest absolute Gasteiger partial charge is 0.422 e. The van der Waals surface area contributed by atoms with Crippen molar-refractivity contribution in [2.24, 2.45) is 0 Å². The number of amides is 2. The molecule has 0 aliphatic heterocycles. The van der Waals surface area contributed by atoms with E-state index >= 15 is 0 Å². The van der Waals surface area contributed by atoms with Crippen LogP contribution in [0.4, 0.5) is 42.6 Å². The number of pyridine rings is 1. The SMILES string of the molecule is COCN(C(=O)N(COCc1ccccc1)c1cc(OCC(F)(F)F)cc(OCC(F)(F)F)n1)c1ccc(Br)cc1. The maximum absolute atomic E-state index is 13.8. The molecule has 0 aliphatic carbocycles. The summed E-state index contributed by atoms with van der Waals surface area (Å²) in [5, 5.41) is 0. The molecule has 0 fully saturated rings. The lowest BCUT2D eigenvalue weighted by atomic mass is 10.2. The summed E-state index contributed by atoms with van der Waals surface area (Å²) in [6.07, 6.45) is -9.52. The topological polar surface area (TPSA) is 73.4 Å². The van der Waals surface area contributed by atoms with Gasteiger partial charge < -0.3 is 18.9 Å². The van der Waals surface area contributed by atoms with Crippen molar-refractivity contribution in [3.8, 4) is 11.6 Å². The van der Waals surface area contributed by atoms with Crippen LogP contribution in [0.25, 0.3) is 0 Å². The zero-order chi connectivity index (χ0) is 30.0. The Bertz CT molecular complexity index is 1230. The summed E-state index contributed by atoms with van der Waals surface area (Å²) in [4.78, 5) is 19.8. The number of hydrogen-bond acceptors (Lipinski definition) is 6. The number of aromatic nitrogens is 1. The molecule has 3 rings (SSSR count). The number of rotatable bonds is 12. The largest absolute Gasteiger partial charge is 0.484 e. The van der Waals surface area contributed by atoms with Gasteiger partial charge in [-0.2, -0.15) is 31.3 Å². The number of nitrogens with zero attached hydrogens (tertiary/aromatic N) is 3. The molecule has 0 saturated heterocycles. The molecule has 0 N–H and O–H groups in total. The Hall–Kier alpha value is -3.56. The molecule has 41 heavy (non-hydrogen) atoms. The summed E-state index contributed by atoms with van der Waals surface area (Å²) in [6, 6.07) is 16.3. The minimum absolute atomic E-state index is 0.0227. The third-order valence-corrected chi connectivity index (χ3v) is 5.54. The number of carbonyl (C=O) groups is 1. The molecule has 2 aromatic carbocycles. The zero-order valence-corrected chi connectivity index (χ0v) is 23.0. The number of halogens is 7. The van der Waals surface area contributed by atoms with E-state index in [1.807, 2.05) is 0 Å². The number of benzene rings is 2. The number of alkyl halides is 6. The van der Waals surface area contributed by atoms with Crippen LogP contribution in [-0.2, 0) is 16.1 Å². The van der Waals surface area contributed by atoms with Crippen LogP contribution in [0.3, 0.4) is 0 Å². The van der Waals surface area contributed by atoms with Gasteiger partial charge in [0.15, 0.2) is 13.2 Å². The minimum Gasteiger partial charge on any atom is -0.484 e. The van der Waals surface area contributed by atoms with Crippen molar-refractivity contribution in [1.82, 2.24) is 4.98 Å². The highest BCUT2D eigenvalue weighted by molar-refractivity contribution is 9.10. The number of ether oxygens (including phenoxy) is 4. The van der Waals surface area contributed by atoms with Crippen LogP contribution in [0, 0.1) is 0 Å². The van der Waals surface area contributed by atoms with E-state index in [0.29, 0.717) is 5.69 Å². The first-order valence-corrected chi connectivity index (χ1v) is 12.5. The molecule has 0 unspecified atom stereocenters. The van der Waals surface area contributed by atoms with Gasteiger partial charge in [-0.05, 0) is 29.8 Å². The first-order valence-electron chi connectivity index (χ1n) is 11.7. The molecule has 0 radical (unpaired) electrons. The Kier molecular flexibility index (Phi) is 11.2. The van der Waals surface area contributed by atoms with E-state index in [2.05, 4.69) is 25.7 Å². The molecule has 1 aromatic heterocycles. The Morgan fingerprint density at radius 2 is 1.49 bits per heavy atom. The molecule has 0 spiro atoms. The summed E-state index contributed by atoms with van der Waals surface area (Å²) < 4.78 is 98.0. The number of carbonyl (C=O) groups excluding carboxylic acids is 1. The lowest BCUT2D eigenvalue weighted by molar-refractivity contribution is -0.154. The van der Waals surface area contributed by atoms with Gasteiger partial charge in [0.05, 0.1) is 6.61 Å². The molecule has 2 amide bonds. The summed E-state index contributed by atoms with van der Waals surface area (Å²) in [5.41, 5.74) is 1.11. The van der Waals surface area contributed by atoms with E-state index in [-0.39, 0.29) is 13.3 Å². The number of hydrogen-bond donors (Lipinski definition) is 0. The van der Waals surface area contributed by atoms with Gasteiger partial charge in [-0.1, -0.05) is 46.3 Å². The van der Waals surface area contributed by atoms with E-state index in [1.54, 1.807) is 54.6 Å². The average Bonchev–Trinajstić information content (AvgIpc) is 2.92. The molecule has 3 aromatic rings. The lowest BCUT2D eigenvalue weighted by Gasteiger charge is -2.30. The normalized spacial score (nSPS) is 11.7. The Balaban J connectivity index is 2.01. The highest BCUT2D eigenvalue weighted by Gasteiger charge is 2.32. The van der Waals surface area contributed by atoms with Crippen LogP contribution in [0.15, 0.2) is 71.2 Å². The number of urea groups is 1. The Morgan fingerprint density at radius 3 is 2.10 bits per heavy atom. The lowest BCUT2D eigenvalue weighted by Crippen LogP contribution is -2.46. The van der Waals surface area contributed by atoms with Gasteiger partial charge in [0.25, 0.3) is 0 Å². The maximum atomic E-state index is 13.8. The number of methoxy groups -OCH3 is 1. The monoisotopic (exact) mass is 651 g/mol. The van der Waals surface area contributed by atoms with E-state index in [1.165, 1.54) is 12.0 Å². The van der Waals surface area contributed by atoms with E-state index < -0.39 is 55.8 Å². The van der Waals surface area contributed by atoms with Crippen LogP contribution >= 0.6 is 15.9 Å². The van der Waals surface area contributed by atoms with Gasteiger partial charge in [-0.3, -0.25) is 9.80 Å². The fourth-order valence-electron chi connectivity index (χ4n) is 3.27. The van der Waals surface area contributed by atoms with Gasteiger partial charge in [-0.15, -0.1) is 0 Å². The van der Waals surface area contributed by atoms with Gasteiger partial charge in [0.1, 0.15) is 25.0 Å². The molecule has 15 heteroatoms. The Morgan fingerprint density at radius 1 is 0.854 bits per heavy atom. The summed E-state index contributed by atoms with van der Waals surface area (Å²) in [6.45, 7) is -4.28. The van der Waals surface area contributed by atoms with Crippen molar-refractivity contribution in [3.63, 3.8) is 0 Å². The highest BCUT2D eigenvalue weighted by Crippen LogP contribution is 2.30. The van der Waals surface area contributed by atoms with Gasteiger partial charge >= 0.3 is 18.4 Å². The van der Waals surface area contributed by atoms with Crippen LogP contribution in [0.2, 0.25) is 0 Å². The van der Waals surface area contributed by atoms with Crippen LogP contribution in [0.5, 0.6) is 11.6 Å². The standard InChI is InChI=1S/C26H24BrF6N3O5/c1-38-16-35(20-9-7-19(27)8-10-20)24(37)36(17-39-13-18-5-3-2-4-6-18)22-11-21(40-14-25(28,29)30)12-23(34-22)41-15-26(31,32)33/h2-12H,13-17H2,1H3. The second-order valence-corrected chi connectivity index (χ2v) is 9.22. The third kappa shape index (κ3) is 10.7. The predicted octanol–water partition coefficient (Wildman–Crippen LogP) is 6.94. The first-order chi connectivity index (χ1) is 19.3. The zero-order valence-electron chi connectivity index (χ0n) is 21.4. The van der Waals surface area contributed by atoms with Crippen molar-refractivity contribution in [2.75, 3.05) is 43.6 Å². The molecule has 1 heterocycles. The van der Waals surface area contributed by atoms with E-state index in [4.69, 9.17) is 14.2 Å². The minimum atomic E-state index is -4.77. The third-order valence-electron chi connectivity index (χ3n) is 5.01. The summed E-state index contributed by atoms with van der Waals surface area (Å²) >= 11 is 3.30. The van der Waals surface area contributed by atoms with E-state index in [9.17, 15) is 31.1 Å². The van der Waals surface area contributed by atoms with Crippen LogP contribution < -0.4 is 19.3 Å². The second kappa shape index (κ2) is 14.4. The molecular formula is C26H24BrF6N3O5. The first kappa shape index (κ1) is 32.0. The number of anilines is 2. The van der Waals surface area contributed by atoms with Gasteiger partial charge in [-0.25, -0.2) is 4.79 Å². The highest BCUT2D eigenvalue weighted by atomic mass is 79.9. The van der Waals surface area contributed by atoms with Crippen molar-refractivity contribution in [1.29, 1.82) is 0 Å². The molecule has 0 bridgehead atoms. The van der Waals surface area contributed by atoms with E-state index in [0.717, 1.165) is 27.1 Å². The fraction of sp³-hybridized carbons (Fsp3) is 0.308. The molecular weight excluding hydrogens is 628 g/mol. The molecule has 8 nitrogen and oxygen atoms in total. The van der Waals surface area contributed by atoms with Crippen LogP contribution in [-0.4, -0.2) is 57.2 Å². The second-order valence-electron chi connectivity index (χ2n) is 8.30. The van der Waals surface area contributed by atoms with Gasteiger partial charge in [0, 0.05) is 29.4 Å². The average molecular weight is 652 g/mol. The van der Waals surface area contributed by atoms with Crippen molar-refractivity contribution in [2.45, 2.75) is 19.0 Å². The summed E-state index contributed by atoms with van der Waals surface area (Å²) in [5.74, 6) is -1.65. The quantitative estimate of drug-likeness (QED) is 0.156. The van der Waals surface area contributed by atoms with Crippen molar-refractivity contribution >= 4 is 33.5 Å². The Labute approximate surface area is 239 Å². The maximum Gasteiger partial charge on any atom is 0.422 e. The predicted molar refractivity (Wildman–Crippen MR) is 140 cm³/mol. The molecule has 222 valence electrons. The fourth-order valence-corrected chi connectivity index (χ4v) is 3.53. The van der Waals surface area contributed by atoms with Gasteiger partial charge in [0.2, 0.25) is 5.88 Å². The summed E-state index contributed by atoms with van der Waals surface area (Å²) in [7, 11) is 1.34. The van der Waals surface area contributed by atoms with Crippen molar-refractivity contribution < 1.29 is 50.1 Å².